The Morgan fingerprint density at radius 3 is 2.71 bits per heavy atom. The average molecular weight is 354 g/mol. The van der Waals surface area contributed by atoms with Crippen LogP contribution in [0.25, 0.3) is 0 Å². The number of rotatable bonds is 5. The van der Waals surface area contributed by atoms with Crippen LogP contribution in [0.3, 0.4) is 0 Å². The third-order valence-corrected chi connectivity index (χ3v) is 6.63. The Bertz CT molecular complexity index is 717. The first-order chi connectivity index (χ1) is 11.3. The van der Waals surface area contributed by atoms with Crippen molar-refractivity contribution in [2.75, 3.05) is 13.7 Å². The Morgan fingerprint density at radius 2 is 2.12 bits per heavy atom. The first kappa shape index (κ1) is 18.9. The van der Waals surface area contributed by atoms with Crippen molar-refractivity contribution < 1.29 is 17.9 Å². The molecule has 2 unspecified atom stereocenters. The molecule has 0 saturated heterocycles. The van der Waals surface area contributed by atoms with Crippen LogP contribution >= 0.6 is 0 Å². The van der Waals surface area contributed by atoms with Gasteiger partial charge in [-0.3, -0.25) is 0 Å². The third-order valence-electron chi connectivity index (χ3n) is 5.08. The van der Waals surface area contributed by atoms with E-state index >= 15 is 0 Å². The molecular formula is C17H26N2O4S. The van der Waals surface area contributed by atoms with E-state index in [0.717, 1.165) is 25.7 Å². The summed E-state index contributed by atoms with van der Waals surface area (Å²) in [5.41, 5.74) is 6.22. The number of methoxy groups -OCH3 is 1. The number of aryl methyl sites for hydroxylation is 1. The predicted octanol–water partition coefficient (Wildman–Crippen LogP) is 1.97. The van der Waals surface area contributed by atoms with E-state index in [-0.39, 0.29) is 22.9 Å². The third kappa shape index (κ3) is 3.63. The largest absolute Gasteiger partial charge is 0.465 e. The Balaban J connectivity index is 2.38. The second-order valence-electron chi connectivity index (χ2n) is 6.58. The summed E-state index contributed by atoms with van der Waals surface area (Å²) < 4.78 is 33.3. The van der Waals surface area contributed by atoms with Gasteiger partial charge in [-0.15, -0.1) is 0 Å². The molecule has 0 spiro atoms. The van der Waals surface area contributed by atoms with Gasteiger partial charge in [0.2, 0.25) is 10.0 Å². The van der Waals surface area contributed by atoms with Gasteiger partial charge in [0.25, 0.3) is 0 Å². The zero-order chi connectivity index (χ0) is 18.0. The van der Waals surface area contributed by atoms with Crippen molar-refractivity contribution in [1.29, 1.82) is 0 Å². The lowest BCUT2D eigenvalue weighted by Gasteiger charge is -2.42. The summed E-state index contributed by atoms with van der Waals surface area (Å²) in [6.07, 6.45) is 3.70. The number of hydrogen-bond donors (Lipinski definition) is 2. The van der Waals surface area contributed by atoms with E-state index in [1.165, 1.54) is 19.2 Å². The Hall–Kier alpha value is -1.44. The molecule has 0 bridgehead atoms. The maximum absolute atomic E-state index is 12.9. The summed E-state index contributed by atoms with van der Waals surface area (Å²) in [6.45, 7) is 4.02. The molecule has 0 aromatic heterocycles. The summed E-state index contributed by atoms with van der Waals surface area (Å²) in [6, 6.07) is 4.48. The summed E-state index contributed by atoms with van der Waals surface area (Å²) in [5, 5.41) is 0. The number of ether oxygens (including phenoxy) is 1. The molecule has 1 aromatic rings. The lowest BCUT2D eigenvalue weighted by molar-refractivity contribution is 0.0599. The fourth-order valence-electron chi connectivity index (χ4n) is 3.33. The summed E-state index contributed by atoms with van der Waals surface area (Å²) in [4.78, 5) is 11.9. The number of esters is 1. The van der Waals surface area contributed by atoms with Crippen molar-refractivity contribution in [3.05, 3.63) is 29.3 Å². The van der Waals surface area contributed by atoms with Gasteiger partial charge in [-0.2, -0.15) is 0 Å². The Labute approximate surface area is 143 Å². The molecule has 24 heavy (non-hydrogen) atoms. The molecule has 7 heteroatoms. The highest BCUT2D eigenvalue weighted by atomic mass is 32.2. The average Bonchev–Trinajstić information content (AvgIpc) is 2.56. The van der Waals surface area contributed by atoms with Crippen LogP contribution < -0.4 is 10.5 Å². The minimum atomic E-state index is -3.78. The lowest BCUT2D eigenvalue weighted by Crippen LogP contribution is -2.58. The number of carbonyl (C=O) groups is 1. The quantitative estimate of drug-likeness (QED) is 0.788. The van der Waals surface area contributed by atoms with Gasteiger partial charge in [0.05, 0.1) is 17.6 Å². The zero-order valence-electron chi connectivity index (χ0n) is 14.5. The molecule has 6 nitrogen and oxygen atoms in total. The highest BCUT2D eigenvalue weighted by Gasteiger charge is 2.40. The number of hydrogen-bond acceptors (Lipinski definition) is 5. The molecule has 1 aromatic carbocycles. The predicted molar refractivity (Wildman–Crippen MR) is 92.3 cm³/mol. The number of sulfonamides is 1. The highest BCUT2D eigenvalue weighted by Crippen LogP contribution is 2.34. The van der Waals surface area contributed by atoms with Crippen LogP contribution in [0, 0.1) is 12.8 Å². The van der Waals surface area contributed by atoms with Crippen molar-refractivity contribution in [1.82, 2.24) is 4.72 Å². The SMILES string of the molecule is COC(=O)c1cc(S(=O)(=O)NC2(CN)CCCCC2C)ccc1C. The number of benzene rings is 1. The molecule has 1 fully saturated rings. The molecule has 0 amide bonds. The van der Waals surface area contributed by atoms with Gasteiger partial charge in [-0.25, -0.2) is 17.9 Å². The van der Waals surface area contributed by atoms with E-state index in [1.807, 2.05) is 6.92 Å². The van der Waals surface area contributed by atoms with Crippen LogP contribution in [0.1, 0.15) is 48.5 Å². The van der Waals surface area contributed by atoms with E-state index in [9.17, 15) is 13.2 Å². The fraction of sp³-hybridized carbons (Fsp3) is 0.588. The number of nitrogens with two attached hydrogens (primary N) is 1. The normalized spacial score (nSPS) is 24.6. The van der Waals surface area contributed by atoms with Crippen LogP contribution in [0.2, 0.25) is 0 Å². The molecule has 0 radical (unpaired) electrons. The Morgan fingerprint density at radius 1 is 1.42 bits per heavy atom. The molecule has 134 valence electrons. The van der Waals surface area contributed by atoms with Gasteiger partial charge < -0.3 is 10.5 Å². The molecule has 1 saturated carbocycles. The monoisotopic (exact) mass is 354 g/mol. The van der Waals surface area contributed by atoms with E-state index in [2.05, 4.69) is 4.72 Å². The van der Waals surface area contributed by atoms with Gasteiger partial charge in [0.1, 0.15) is 0 Å². The van der Waals surface area contributed by atoms with Crippen LogP contribution in [-0.2, 0) is 14.8 Å². The smallest absolute Gasteiger partial charge is 0.338 e. The van der Waals surface area contributed by atoms with Crippen LogP contribution in [0.5, 0.6) is 0 Å². The molecule has 1 aliphatic rings. The minimum absolute atomic E-state index is 0.0547. The number of carbonyl (C=O) groups excluding carboxylic acids is 1. The standard InChI is InChI=1S/C17H26N2O4S/c1-12-7-8-14(10-15(12)16(20)23-3)24(21,22)19-17(11-18)9-5-4-6-13(17)2/h7-8,10,13,19H,4-6,9,11,18H2,1-3H3. The first-order valence-electron chi connectivity index (χ1n) is 8.19. The second kappa shape index (κ2) is 7.21. The molecule has 1 aliphatic carbocycles. The van der Waals surface area contributed by atoms with Gasteiger partial charge in [-0.1, -0.05) is 25.8 Å². The summed E-state index contributed by atoms with van der Waals surface area (Å²) >= 11 is 0. The van der Waals surface area contributed by atoms with Crippen LogP contribution in [-0.4, -0.2) is 33.6 Å². The Kier molecular flexibility index (Phi) is 5.67. The van der Waals surface area contributed by atoms with E-state index in [0.29, 0.717) is 5.56 Å². The second-order valence-corrected chi connectivity index (χ2v) is 8.26. The van der Waals surface area contributed by atoms with Gasteiger partial charge in [0.15, 0.2) is 0 Å². The summed E-state index contributed by atoms with van der Waals surface area (Å²) in [5.74, 6) is -0.388. The van der Waals surface area contributed by atoms with Crippen molar-refractivity contribution in [3.8, 4) is 0 Å². The van der Waals surface area contributed by atoms with Gasteiger partial charge >= 0.3 is 5.97 Å². The maximum Gasteiger partial charge on any atom is 0.338 e. The molecule has 2 atom stereocenters. The van der Waals surface area contributed by atoms with Crippen molar-refractivity contribution in [2.45, 2.75) is 50.0 Å². The highest BCUT2D eigenvalue weighted by molar-refractivity contribution is 7.89. The molecule has 3 N–H and O–H groups in total. The van der Waals surface area contributed by atoms with Gasteiger partial charge in [0, 0.05) is 12.1 Å². The first-order valence-corrected chi connectivity index (χ1v) is 9.67. The summed E-state index contributed by atoms with van der Waals surface area (Å²) in [7, 11) is -2.51. The zero-order valence-corrected chi connectivity index (χ0v) is 15.3. The van der Waals surface area contributed by atoms with Crippen molar-refractivity contribution in [3.63, 3.8) is 0 Å². The van der Waals surface area contributed by atoms with Crippen molar-refractivity contribution in [2.24, 2.45) is 11.7 Å². The van der Waals surface area contributed by atoms with Crippen LogP contribution in [0.15, 0.2) is 23.1 Å². The molecule has 0 aliphatic heterocycles. The minimum Gasteiger partial charge on any atom is -0.465 e. The fourth-order valence-corrected chi connectivity index (χ4v) is 4.89. The van der Waals surface area contributed by atoms with E-state index < -0.39 is 21.5 Å². The van der Waals surface area contributed by atoms with E-state index in [1.54, 1.807) is 13.0 Å². The molecule has 2 rings (SSSR count). The maximum atomic E-state index is 12.9. The number of nitrogens with one attached hydrogen (secondary N) is 1. The van der Waals surface area contributed by atoms with Crippen LogP contribution in [0.4, 0.5) is 0 Å². The van der Waals surface area contributed by atoms with Crippen molar-refractivity contribution >= 4 is 16.0 Å². The lowest BCUT2D eigenvalue weighted by atomic mass is 9.74. The molecule has 0 heterocycles. The topological polar surface area (TPSA) is 98.5 Å². The van der Waals surface area contributed by atoms with E-state index in [4.69, 9.17) is 10.5 Å². The van der Waals surface area contributed by atoms with Gasteiger partial charge in [-0.05, 0) is 43.4 Å². The molecular weight excluding hydrogens is 328 g/mol.